The van der Waals surface area contributed by atoms with Gasteiger partial charge in [-0.15, -0.1) is 0 Å². The van der Waals surface area contributed by atoms with E-state index in [1.165, 1.54) is 0 Å². The van der Waals surface area contributed by atoms with Crippen molar-refractivity contribution in [2.45, 2.75) is 39.0 Å². The monoisotopic (exact) mass is 343 g/mol. The molecule has 0 spiro atoms. The van der Waals surface area contributed by atoms with E-state index in [0.29, 0.717) is 13.0 Å². The molecule has 1 aliphatic rings. The Balaban J connectivity index is 1.90. The molecule has 3 nitrogen and oxygen atoms in total. The Bertz CT molecular complexity index is 820. The third kappa shape index (κ3) is 3.34. The standard InChI is InChI=1S/C20H25NO2S/c1-20(2,3)18-11-7-10-17-12-14-21(19(17)18)24(22,23)15-13-16-8-5-4-6-9-16/h4-11H,12-15H2,1-3H3. The van der Waals surface area contributed by atoms with Crippen LogP contribution in [0.4, 0.5) is 5.69 Å². The molecule has 0 radical (unpaired) electrons. The van der Waals surface area contributed by atoms with Gasteiger partial charge in [0.15, 0.2) is 0 Å². The number of aryl methyl sites for hydroxylation is 1. The predicted octanol–water partition coefficient (Wildman–Crippen LogP) is 3.92. The lowest BCUT2D eigenvalue weighted by Gasteiger charge is -2.28. The first-order chi connectivity index (χ1) is 11.3. The molecule has 0 amide bonds. The summed E-state index contributed by atoms with van der Waals surface area (Å²) >= 11 is 0. The molecule has 2 aromatic carbocycles. The first-order valence-corrected chi connectivity index (χ1v) is 10.1. The van der Waals surface area contributed by atoms with Crippen molar-refractivity contribution >= 4 is 15.7 Å². The van der Waals surface area contributed by atoms with Gasteiger partial charge in [-0.3, -0.25) is 4.31 Å². The van der Waals surface area contributed by atoms with E-state index in [-0.39, 0.29) is 11.2 Å². The number of rotatable bonds is 4. The number of hydrogen-bond acceptors (Lipinski definition) is 2. The molecule has 1 aliphatic heterocycles. The minimum Gasteiger partial charge on any atom is -0.269 e. The van der Waals surface area contributed by atoms with Gasteiger partial charge in [0.2, 0.25) is 10.0 Å². The number of para-hydroxylation sites is 1. The topological polar surface area (TPSA) is 37.4 Å². The minimum atomic E-state index is -3.32. The predicted molar refractivity (Wildman–Crippen MR) is 100 cm³/mol. The van der Waals surface area contributed by atoms with E-state index in [1.54, 1.807) is 4.31 Å². The van der Waals surface area contributed by atoms with Crippen molar-refractivity contribution in [1.29, 1.82) is 0 Å². The third-order valence-corrected chi connectivity index (χ3v) is 6.35. The summed E-state index contributed by atoms with van der Waals surface area (Å²) in [6, 6.07) is 16.0. The van der Waals surface area contributed by atoms with Crippen molar-refractivity contribution in [3.8, 4) is 0 Å². The molecule has 4 heteroatoms. The number of benzene rings is 2. The maximum absolute atomic E-state index is 13.0. The summed E-state index contributed by atoms with van der Waals surface area (Å²) in [5.74, 6) is 0.148. The highest BCUT2D eigenvalue weighted by atomic mass is 32.2. The van der Waals surface area contributed by atoms with Crippen LogP contribution in [0.3, 0.4) is 0 Å². The van der Waals surface area contributed by atoms with Crippen LogP contribution in [0.5, 0.6) is 0 Å². The molecule has 0 aliphatic carbocycles. The molecule has 3 rings (SSSR count). The van der Waals surface area contributed by atoms with E-state index < -0.39 is 10.0 Å². The molecule has 1 heterocycles. The fourth-order valence-corrected chi connectivity index (χ4v) is 4.88. The molecule has 128 valence electrons. The van der Waals surface area contributed by atoms with Crippen LogP contribution in [0.2, 0.25) is 0 Å². The molecule has 0 saturated heterocycles. The Morgan fingerprint density at radius 1 is 1.00 bits per heavy atom. The number of nitrogens with zero attached hydrogens (tertiary/aromatic N) is 1. The lowest BCUT2D eigenvalue weighted by molar-refractivity contribution is 0.583. The van der Waals surface area contributed by atoms with Gasteiger partial charge in [0.1, 0.15) is 0 Å². The molecule has 0 N–H and O–H groups in total. The van der Waals surface area contributed by atoms with Crippen molar-refractivity contribution in [2.75, 3.05) is 16.6 Å². The zero-order valence-corrected chi connectivity index (χ0v) is 15.4. The molecule has 0 fully saturated rings. The smallest absolute Gasteiger partial charge is 0.235 e. The van der Waals surface area contributed by atoms with Crippen molar-refractivity contribution in [2.24, 2.45) is 0 Å². The average Bonchev–Trinajstić information content (AvgIpc) is 2.98. The van der Waals surface area contributed by atoms with Crippen LogP contribution in [0.1, 0.15) is 37.5 Å². The Hall–Kier alpha value is -1.81. The maximum atomic E-state index is 13.0. The molecule has 0 unspecified atom stereocenters. The SMILES string of the molecule is CC(C)(C)c1cccc2c1N(S(=O)(=O)CCc1ccccc1)CC2. The van der Waals surface area contributed by atoms with Gasteiger partial charge >= 0.3 is 0 Å². The number of hydrogen-bond donors (Lipinski definition) is 0. The van der Waals surface area contributed by atoms with Crippen molar-refractivity contribution < 1.29 is 8.42 Å². The first kappa shape index (κ1) is 17.0. The lowest BCUT2D eigenvalue weighted by Crippen LogP contribution is -2.33. The van der Waals surface area contributed by atoms with Gasteiger partial charge in [-0.25, -0.2) is 8.42 Å². The van der Waals surface area contributed by atoms with Gasteiger partial charge < -0.3 is 0 Å². The van der Waals surface area contributed by atoms with Gasteiger partial charge in [0.05, 0.1) is 11.4 Å². The van der Waals surface area contributed by atoms with Crippen LogP contribution in [0.25, 0.3) is 0 Å². The molecule has 0 aromatic heterocycles. The maximum Gasteiger partial charge on any atom is 0.235 e. The normalized spacial score (nSPS) is 14.7. The quantitative estimate of drug-likeness (QED) is 0.844. The van der Waals surface area contributed by atoms with Gasteiger partial charge in [0, 0.05) is 6.54 Å². The summed E-state index contributed by atoms with van der Waals surface area (Å²) in [6.07, 6.45) is 1.34. The van der Waals surface area contributed by atoms with Crippen molar-refractivity contribution in [3.05, 3.63) is 65.2 Å². The summed E-state index contributed by atoms with van der Waals surface area (Å²) in [5, 5.41) is 0. The van der Waals surface area contributed by atoms with E-state index >= 15 is 0 Å². The zero-order valence-electron chi connectivity index (χ0n) is 14.6. The summed E-state index contributed by atoms with van der Waals surface area (Å²) in [7, 11) is -3.32. The van der Waals surface area contributed by atoms with Crippen LogP contribution in [-0.2, 0) is 28.3 Å². The summed E-state index contributed by atoms with van der Waals surface area (Å²) < 4.78 is 27.6. The largest absolute Gasteiger partial charge is 0.269 e. The van der Waals surface area contributed by atoms with Gasteiger partial charge in [-0.1, -0.05) is 69.3 Å². The van der Waals surface area contributed by atoms with Crippen LogP contribution < -0.4 is 4.31 Å². The van der Waals surface area contributed by atoms with Crippen LogP contribution >= 0.6 is 0 Å². The Kier molecular flexibility index (Phi) is 4.43. The van der Waals surface area contributed by atoms with Crippen LogP contribution in [-0.4, -0.2) is 20.7 Å². The zero-order chi connectivity index (χ0) is 17.4. The van der Waals surface area contributed by atoms with Gasteiger partial charge in [0.25, 0.3) is 0 Å². The highest BCUT2D eigenvalue weighted by molar-refractivity contribution is 7.92. The summed E-state index contributed by atoms with van der Waals surface area (Å²) in [6.45, 7) is 6.96. The van der Waals surface area contributed by atoms with E-state index in [4.69, 9.17) is 0 Å². The Morgan fingerprint density at radius 2 is 1.71 bits per heavy atom. The Labute approximate surface area is 145 Å². The van der Waals surface area contributed by atoms with Crippen LogP contribution in [0, 0.1) is 0 Å². The second-order valence-electron chi connectivity index (χ2n) is 7.44. The Morgan fingerprint density at radius 3 is 2.38 bits per heavy atom. The summed E-state index contributed by atoms with van der Waals surface area (Å²) in [5.41, 5.74) is 4.15. The number of anilines is 1. The second-order valence-corrected chi connectivity index (χ2v) is 9.45. The van der Waals surface area contributed by atoms with Crippen molar-refractivity contribution in [1.82, 2.24) is 0 Å². The van der Waals surface area contributed by atoms with E-state index in [0.717, 1.165) is 28.8 Å². The molecule has 0 bridgehead atoms. The van der Waals surface area contributed by atoms with Crippen molar-refractivity contribution in [3.63, 3.8) is 0 Å². The molecule has 0 saturated carbocycles. The molecular formula is C20H25NO2S. The van der Waals surface area contributed by atoms with Gasteiger partial charge in [-0.05, 0) is 34.9 Å². The average molecular weight is 343 g/mol. The van der Waals surface area contributed by atoms with E-state index in [2.05, 4.69) is 32.9 Å². The van der Waals surface area contributed by atoms with E-state index in [9.17, 15) is 8.42 Å². The highest BCUT2D eigenvalue weighted by Crippen LogP contribution is 2.39. The number of fused-ring (bicyclic) bond motifs is 1. The fraction of sp³-hybridized carbons (Fsp3) is 0.400. The lowest BCUT2D eigenvalue weighted by atomic mass is 9.85. The molecule has 2 aromatic rings. The highest BCUT2D eigenvalue weighted by Gasteiger charge is 2.33. The first-order valence-electron chi connectivity index (χ1n) is 8.46. The minimum absolute atomic E-state index is 0.0805. The second kappa shape index (κ2) is 6.25. The van der Waals surface area contributed by atoms with Gasteiger partial charge in [-0.2, -0.15) is 0 Å². The molecular weight excluding hydrogens is 318 g/mol. The fourth-order valence-electron chi connectivity index (χ4n) is 3.31. The summed E-state index contributed by atoms with van der Waals surface area (Å²) in [4.78, 5) is 0. The third-order valence-electron chi connectivity index (χ3n) is 4.59. The van der Waals surface area contributed by atoms with Crippen LogP contribution in [0.15, 0.2) is 48.5 Å². The molecule has 24 heavy (non-hydrogen) atoms. The number of sulfonamides is 1. The molecule has 0 atom stereocenters. The van der Waals surface area contributed by atoms with E-state index in [1.807, 2.05) is 36.4 Å².